The van der Waals surface area contributed by atoms with Crippen molar-refractivity contribution in [1.82, 2.24) is 10.6 Å². The molecule has 0 saturated heterocycles. The second kappa shape index (κ2) is 9.62. The summed E-state index contributed by atoms with van der Waals surface area (Å²) in [6.45, 7) is 6.47. The van der Waals surface area contributed by atoms with E-state index in [1.165, 1.54) is 0 Å². The van der Waals surface area contributed by atoms with E-state index in [0.29, 0.717) is 0 Å². The number of carbonyl (C=O) groups is 4. The van der Waals surface area contributed by atoms with E-state index in [9.17, 15) is 19.2 Å². The second-order valence-electron chi connectivity index (χ2n) is 6.71. The third-order valence-electron chi connectivity index (χ3n) is 3.50. The highest BCUT2D eigenvalue weighted by Crippen LogP contribution is 2.19. The summed E-state index contributed by atoms with van der Waals surface area (Å²) >= 11 is 4.29. The van der Waals surface area contributed by atoms with Gasteiger partial charge in [-0.3, -0.25) is 14.4 Å². The van der Waals surface area contributed by atoms with Crippen LogP contribution in [0.1, 0.15) is 40.5 Å². The SMILES string of the molecule is CC(C)[C@H](NC(=O)[C@@H](NC(=O)CC[C@H](N)C(=O)O)C(C)(C)S)C(=O)O. The van der Waals surface area contributed by atoms with Crippen molar-refractivity contribution in [1.29, 1.82) is 0 Å². The highest BCUT2D eigenvalue weighted by Gasteiger charge is 2.36. The van der Waals surface area contributed by atoms with Gasteiger partial charge in [0.05, 0.1) is 0 Å². The first-order valence-corrected chi connectivity index (χ1v) is 8.25. The lowest BCUT2D eigenvalue weighted by Crippen LogP contribution is -2.59. The molecule has 25 heavy (non-hydrogen) atoms. The number of aliphatic carboxylic acids is 2. The van der Waals surface area contributed by atoms with Crippen LogP contribution in [0.15, 0.2) is 0 Å². The van der Waals surface area contributed by atoms with Gasteiger partial charge in [-0.25, -0.2) is 4.79 Å². The van der Waals surface area contributed by atoms with Gasteiger partial charge in [-0.1, -0.05) is 13.8 Å². The molecule has 0 heterocycles. The fourth-order valence-electron chi connectivity index (χ4n) is 1.96. The Bertz CT molecular complexity index is 518. The Morgan fingerprint density at radius 2 is 1.60 bits per heavy atom. The summed E-state index contributed by atoms with van der Waals surface area (Å²) in [4.78, 5) is 46.3. The Labute approximate surface area is 152 Å². The standard InChI is InChI=1S/C15H27N3O6S/c1-7(2)10(14(23)24)18-12(20)11(15(3,4)25)17-9(19)6-5-8(16)13(21)22/h7-8,10-11,25H,5-6,16H2,1-4H3,(H,17,19)(H,18,20)(H,21,22)(H,23,24)/t8-,10-,11+/m0/s1. The molecule has 2 amide bonds. The van der Waals surface area contributed by atoms with Crippen LogP contribution in [0.3, 0.4) is 0 Å². The van der Waals surface area contributed by atoms with Gasteiger partial charge in [0.25, 0.3) is 0 Å². The molecule has 0 radical (unpaired) electrons. The molecule has 6 N–H and O–H groups in total. The smallest absolute Gasteiger partial charge is 0.326 e. The van der Waals surface area contributed by atoms with Crippen molar-refractivity contribution in [3.63, 3.8) is 0 Å². The molecule has 0 saturated carbocycles. The zero-order chi connectivity index (χ0) is 19.9. The topological polar surface area (TPSA) is 159 Å². The van der Waals surface area contributed by atoms with Crippen LogP contribution in [0, 0.1) is 5.92 Å². The maximum absolute atomic E-state index is 12.4. The van der Waals surface area contributed by atoms with Gasteiger partial charge in [0.15, 0.2) is 0 Å². The molecule has 0 unspecified atom stereocenters. The quantitative estimate of drug-likeness (QED) is 0.282. The molecule has 9 nitrogen and oxygen atoms in total. The van der Waals surface area contributed by atoms with Gasteiger partial charge in [0, 0.05) is 11.2 Å². The fraction of sp³-hybridized carbons (Fsp3) is 0.733. The number of carboxylic acids is 2. The van der Waals surface area contributed by atoms with E-state index in [1.54, 1.807) is 27.7 Å². The van der Waals surface area contributed by atoms with Crippen molar-refractivity contribution in [3.05, 3.63) is 0 Å². The van der Waals surface area contributed by atoms with Crippen LogP contribution in [-0.2, 0) is 19.2 Å². The third-order valence-corrected chi connectivity index (χ3v) is 3.76. The molecular formula is C15H27N3O6S. The zero-order valence-corrected chi connectivity index (χ0v) is 15.7. The molecular weight excluding hydrogens is 350 g/mol. The van der Waals surface area contributed by atoms with Crippen LogP contribution in [0.25, 0.3) is 0 Å². The van der Waals surface area contributed by atoms with E-state index in [0.717, 1.165) is 0 Å². The highest BCUT2D eigenvalue weighted by atomic mass is 32.1. The van der Waals surface area contributed by atoms with Crippen molar-refractivity contribution < 1.29 is 29.4 Å². The summed E-state index contributed by atoms with van der Waals surface area (Å²) in [5, 5.41) is 22.7. The zero-order valence-electron chi connectivity index (χ0n) is 14.8. The largest absolute Gasteiger partial charge is 0.480 e. The summed E-state index contributed by atoms with van der Waals surface area (Å²) < 4.78 is -0.977. The van der Waals surface area contributed by atoms with Crippen molar-refractivity contribution in [3.8, 4) is 0 Å². The molecule has 144 valence electrons. The minimum atomic E-state index is -1.22. The number of rotatable bonds is 10. The van der Waals surface area contributed by atoms with E-state index in [-0.39, 0.29) is 18.8 Å². The molecule has 0 aliphatic rings. The molecule has 0 aromatic heterocycles. The molecule has 3 atom stereocenters. The van der Waals surface area contributed by atoms with Gasteiger partial charge in [-0.15, -0.1) is 0 Å². The number of carbonyl (C=O) groups excluding carboxylic acids is 2. The van der Waals surface area contributed by atoms with Gasteiger partial charge in [0.1, 0.15) is 18.1 Å². The lowest BCUT2D eigenvalue weighted by molar-refractivity contribution is -0.143. The molecule has 0 aliphatic carbocycles. The Hall–Kier alpha value is -1.81. The van der Waals surface area contributed by atoms with Gasteiger partial charge in [0.2, 0.25) is 11.8 Å². The Kier molecular flexibility index (Phi) is 8.92. The Morgan fingerprint density at radius 1 is 1.08 bits per heavy atom. The molecule has 0 fully saturated rings. The minimum Gasteiger partial charge on any atom is -0.480 e. The minimum absolute atomic E-state index is 0.0910. The van der Waals surface area contributed by atoms with Crippen molar-refractivity contribution in [2.45, 2.75) is 63.4 Å². The molecule has 0 aliphatic heterocycles. The maximum Gasteiger partial charge on any atom is 0.326 e. The lowest BCUT2D eigenvalue weighted by atomic mass is 9.99. The van der Waals surface area contributed by atoms with Crippen molar-refractivity contribution >= 4 is 36.4 Å². The average Bonchev–Trinajstić information content (AvgIpc) is 2.45. The first kappa shape index (κ1) is 23.2. The molecule has 0 bridgehead atoms. The predicted molar refractivity (Wildman–Crippen MR) is 94.2 cm³/mol. The number of carboxylic acid groups (broad SMARTS) is 2. The van der Waals surface area contributed by atoms with Crippen molar-refractivity contribution in [2.24, 2.45) is 11.7 Å². The van der Waals surface area contributed by atoms with E-state index in [1.807, 2.05) is 0 Å². The van der Waals surface area contributed by atoms with Crippen LogP contribution in [0.5, 0.6) is 0 Å². The normalized spacial score (nSPS) is 15.2. The van der Waals surface area contributed by atoms with Crippen LogP contribution in [0.2, 0.25) is 0 Å². The van der Waals surface area contributed by atoms with E-state index in [2.05, 4.69) is 23.3 Å². The fourth-order valence-corrected chi connectivity index (χ4v) is 2.14. The number of thiol groups is 1. The summed E-state index contributed by atoms with van der Waals surface area (Å²) in [5.74, 6) is -4.02. The molecule has 0 spiro atoms. The molecule has 10 heteroatoms. The first-order chi connectivity index (χ1) is 11.3. The van der Waals surface area contributed by atoms with Crippen LogP contribution < -0.4 is 16.4 Å². The monoisotopic (exact) mass is 377 g/mol. The third kappa shape index (κ3) is 8.21. The van der Waals surface area contributed by atoms with E-state index >= 15 is 0 Å². The van der Waals surface area contributed by atoms with E-state index in [4.69, 9.17) is 15.9 Å². The van der Waals surface area contributed by atoms with E-state index < -0.39 is 46.6 Å². The molecule has 0 aromatic rings. The Balaban J connectivity index is 5.02. The number of amides is 2. The second-order valence-corrected chi connectivity index (χ2v) is 7.86. The molecule has 0 aromatic carbocycles. The van der Waals surface area contributed by atoms with Crippen LogP contribution in [-0.4, -0.2) is 56.8 Å². The van der Waals surface area contributed by atoms with Crippen molar-refractivity contribution in [2.75, 3.05) is 0 Å². The summed E-state index contributed by atoms with van der Waals surface area (Å²) in [7, 11) is 0. The number of nitrogens with two attached hydrogens (primary N) is 1. The summed E-state index contributed by atoms with van der Waals surface area (Å²) in [6, 6.07) is -3.40. The van der Waals surface area contributed by atoms with Gasteiger partial charge in [-0.2, -0.15) is 12.6 Å². The van der Waals surface area contributed by atoms with Gasteiger partial charge in [-0.05, 0) is 26.2 Å². The summed E-state index contributed by atoms with van der Waals surface area (Å²) in [6.07, 6.45) is -0.278. The predicted octanol–water partition coefficient (Wildman–Crippen LogP) is -0.403. The number of hydrogen-bond donors (Lipinski definition) is 6. The average molecular weight is 377 g/mol. The molecule has 0 rings (SSSR count). The highest BCUT2D eigenvalue weighted by molar-refractivity contribution is 7.81. The van der Waals surface area contributed by atoms with Gasteiger partial charge >= 0.3 is 11.9 Å². The Morgan fingerprint density at radius 3 is 1.96 bits per heavy atom. The lowest BCUT2D eigenvalue weighted by Gasteiger charge is -2.31. The number of nitrogens with one attached hydrogen (secondary N) is 2. The maximum atomic E-state index is 12.4. The van der Waals surface area contributed by atoms with Crippen LogP contribution in [0.4, 0.5) is 0 Å². The first-order valence-electron chi connectivity index (χ1n) is 7.80. The number of hydrogen-bond acceptors (Lipinski definition) is 6. The van der Waals surface area contributed by atoms with Gasteiger partial charge < -0.3 is 26.6 Å². The van der Waals surface area contributed by atoms with Crippen LogP contribution >= 0.6 is 12.6 Å². The summed E-state index contributed by atoms with van der Waals surface area (Å²) in [5.41, 5.74) is 5.33.